The molecule has 0 fully saturated rings. The second-order valence-corrected chi connectivity index (χ2v) is 5.19. The van der Waals surface area contributed by atoms with Crippen LogP contribution in [0.15, 0.2) is 30.3 Å². The van der Waals surface area contributed by atoms with Gasteiger partial charge in [-0.2, -0.15) is 23.4 Å². The van der Waals surface area contributed by atoms with Gasteiger partial charge in [0.05, 0.1) is 12.3 Å². The van der Waals surface area contributed by atoms with Gasteiger partial charge in [0, 0.05) is 0 Å². The van der Waals surface area contributed by atoms with Gasteiger partial charge in [-0.05, 0) is 18.4 Å². The summed E-state index contributed by atoms with van der Waals surface area (Å²) in [5.41, 5.74) is 3.32. The predicted molar refractivity (Wildman–Crippen MR) is 63.2 cm³/mol. The van der Waals surface area contributed by atoms with Crippen LogP contribution < -0.4 is 5.48 Å². The molecule has 0 aliphatic carbocycles. The van der Waals surface area contributed by atoms with Crippen LogP contribution in [0.4, 0.5) is 0 Å². The van der Waals surface area contributed by atoms with Crippen molar-refractivity contribution in [3.8, 4) is 6.07 Å². The summed E-state index contributed by atoms with van der Waals surface area (Å²) in [6, 6.07) is 10.9. The molecule has 0 spiro atoms. The lowest BCUT2D eigenvalue weighted by Crippen LogP contribution is -2.30. The summed E-state index contributed by atoms with van der Waals surface area (Å²) in [5.74, 6) is 0. The van der Waals surface area contributed by atoms with Crippen LogP contribution in [0.1, 0.15) is 12.0 Å². The van der Waals surface area contributed by atoms with E-state index in [4.69, 9.17) is 5.26 Å². The maximum absolute atomic E-state index is 10.7. The van der Waals surface area contributed by atoms with Gasteiger partial charge in [0.2, 0.25) is 0 Å². The van der Waals surface area contributed by atoms with Crippen LogP contribution in [0, 0.1) is 11.3 Å². The number of hydrogen-bond acceptors (Lipinski definition) is 5. The van der Waals surface area contributed by atoms with Gasteiger partial charge in [0.15, 0.2) is 0 Å². The fraction of sp³-hybridized carbons (Fsp3) is 0.364. The maximum atomic E-state index is 10.7. The smallest absolute Gasteiger partial charge is 0.198 e. The Kier molecular flexibility index (Phi) is 5.10. The number of benzene rings is 1. The third-order valence-electron chi connectivity index (χ3n) is 2.06. The molecule has 5 nitrogen and oxygen atoms in total. The van der Waals surface area contributed by atoms with E-state index >= 15 is 0 Å². The van der Waals surface area contributed by atoms with Crippen LogP contribution >= 0.6 is 0 Å². The van der Waals surface area contributed by atoms with Crippen molar-refractivity contribution in [1.29, 1.82) is 5.26 Å². The van der Waals surface area contributed by atoms with Crippen LogP contribution in [0.5, 0.6) is 0 Å². The summed E-state index contributed by atoms with van der Waals surface area (Å²) >= 11 is 0. The van der Waals surface area contributed by atoms with Crippen molar-refractivity contribution in [3.05, 3.63) is 35.9 Å². The van der Waals surface area contributed by atoms with Crippen molar-refractivity contribution in [1.82, 2.24) is 5.48 Å². The molecule has 0 amide bonds. The molecule has 0 bridgehead atoms. The van der Waals surface area contributed by atoms with E-state index in [0.717, 1.165) is 11.8 Å². The molecule has 1 N–H and O–H groups in total. The van der Waals surface area contributed by atoms with Gasteiger partial charge in [-0.15, -0.1) is 0 Å². The predicted octanol–water partition coefficient (Wildman–Crippen LogP) is 0.992. The van der Waals surface area contributed by atoms with E-state index in [0.29, 0.717) is 12.8 Å². The van der Waals surface area contributed by atoms with Crippen molar-refractivity contribution < 1.29 is 12.7 Å². The first-order valence-electron chi connectivity index (χ1n) is 5.09. The summed E-state index contributed by atoms with van der Waals surface area (Å²) in [4.78, 5) is 0. The first-order valence-corrected chi connectivity index (χ1v) is 6.90. The van der Waals surface area contributed by atoms with Gasteiger partial charge in [-0.25, -0.2) is 0 Å². The highest BCUT2D eigenvalue weighted by molar-refractivity contribution is 7.85. The highest BCUT2D eigenvalue weighted by Gasteiger charge is 2.10. The molecule has 0 saturated carbocycles. The van der Waals surface area contributed by atoms with Crippen LogP contribution in [0.3, 0.4) is 0 Å². The van der Waals surface area contributed by atoms with Gasteiger partial charge in [0.25, 0.3) is 10.1 Å². The zero-order chi connectivity index (χ0) is 12.7. The zero-order valence-corrected chi connectivity index (χ0v) is 10.3. The van der Waals surface area contributed by atoms with Gasteiger partial charge in [0.1, 0.15) is 6.04 Å². The molecule has 0 aromatic heterocycles. The average molecular weight is 254 g/mol. The molecule has 0 aliphatic rings. The summed E-state index contributed by atoms with van der Waals surface area (Å²) in [7, 11) is -3.57. The maximum Gasteiger partial charge on any atom is 0.280 e. The van der Waals surface area contributed by atoms with Gasteiger partial charge in [-0.1, -0.05) is 30.3 Å². The fourth-order valence-corrected chi connectivity index (χ4v) is 1.54. The van der Waals surface area contributed by atoms with Crippen molar-refractivity contribution in [2.24, 2.45) is 0 Å². The number of nitrogens with one attached hydrogen (secondary N) is 1. The number of rotatable bonds is 6. The SMILES string of the molecule is CS(=O)(=O)ONC(C#N)CCc1ccccc1. The van der Waals surface area contributed by atoms with E-state index < -0.39 is 16.2 Å². The standard InChI is InChI=1S/C11H14N2O3S/c1-17(14,15)16-13-11(9-12)8-7-10-5-3-2-4-6-10/h2-6,11,13H,7-8H2,1H3. The molecule has 17 heavy (non-hydrogen) atoms. The summed E-state index contributed by atoms with van der Waals surface area (Å²) in [5, 5.41) is 8.81. The Labute approximate surface area is 101 Å². The lowest BCUT2D eigenvalue weighted by molar-refractivity contribution is 0.181. The normalized spacial score (nSPS) is 12.9. The Bertz CT molecular complexity index is 479. The van der Waals surface area contributed by atoms with E-state index in [2.05, 4.69) is 9.76 Å². The van der Waals surface area contributed by atoms with Crippen molar-refractivity contribution in [2.45, 2.75) is 18.9 Å². The van der Waals surface area contributed by atoms with Crippen molar-refractivity contribution >= 4 is 10.1 Å². The second kappa shape index (κ2) is 6.35. The van der Waals surface area contributed by atoms with E-state index in [-0.39, 0.29) is 0 Å². The Morgan fingerprint density at radius 1 is 1.41 bits per heavy atom. The molecule has 0 radical (unpaired) electrons. The average Bonchev–Trinajstić information content (AvgIpc) is 2.29. The molecule has 1 rings (SSSR count). The summed E-state index contributed by atoms with van der Waals surface area (Å²) in [6.45, 7) is 0. The Hall–Kier alpha value is -1.42. The zero-order valence-electron chi connectivity index (χ0n) is 9.46. The lowest BCUT2D eigenvalue weighted by Gasteiger charge is -2.09. The molecule has 0 saturated heterocycles. The molecule has 1 aromatic carbocycles. The van der Waals surface area contributed by atoms with Crippen molar-refractivity contribution in [2.75, 3.05) is 6.26 Å². The molecule has 1 unspecified atom stereocenters. The topological polar surface area (TPSA) is 79.2 Å². The minimum Gasteiger partial charge on any atom is -0.198 e. The van der Waals surface area contributed by atoms with Crippen LogP contribution in [-0.4, -0.2) is 20.7 Å². The Balaban J connectivity index is 2.41. The first kappa shape index (κ1) is 13.6. The van der Waals surface area contributed by atoms with E-state index in [1.165, 1.54) is 0 Å². The first-order chi connectivity index (χ1) is 8.01. The van der Waals surface area contributed by atoms with Gasteiger partial charge >= 0.3 is 0 Å². The minimum absolute atomic E-state index is 0.482. The molecule has 6 heteroatoms. The van der Waals surface area contributed by atoms with E-state index in [9.17, 15) is 8.42 Å². The molecule has 0 aliphatic heterocycles. The third-order valence-corrected chi connectivity index (χ3v) is 2.46. The largest absolute Gasteiger partial charge is 0.280 e. The highest BCUT2D eigenvalue weighted by Crippen LogP contribution is 2.04. The quantitative estimate of drug-likeness (QED) is 0.766. The van der Waals surface area contributed by atoms with Crippen LogP contribution in [0.25, 0.3) is 0 Å². The summed E-state index contributed by atoms with van der Waals surface area (Å²) < 4.78 is 25.8. The van der Waals surface area contributed by atoms with E-state index in [1.807, 2.05) is 36.4 Å². The summed E-state index contributed by atoms with van der Waals surface area (Å²) in [6.07, 6.45) is 2.08. The fourth-order valence-electron chi connectivity index (χ4n) is 1.25. The van der Waals surface area contributed by atoms with Crippen LogP contribution in [-0.2, 0) is 20.8 Å². The molecular weight excluding hydrogens is 240 g/mol. The molecule has 1 atom stereocenters. The lowest BCUT2D eigenvalue weighted by atomic mass is 10.1. The van der Waals surface area contributed by atoms with Crippen LogP contribution in [0.2, 0.25) is 0 Å². The number of hydroxylamine groups is 1. The monoisotopic (exact) mass is 254 g/mol. The van der Waals surface area contributed by atoms with Crippen molar-refractivity contribution in [3.63, 3.8) is 0 Å². The molecule has 92 valence electrons. The number of hydrogen-bond donors (Lipinski definition) is 1. The number of aryl methyl sites for hydroxylation is 1. The molecule has 0 heterocycles. The molecular formula is C11H14N2O3S. The van der Waals surface area contributed by atoms with E-state index in [1.54, 1.807) is 0 Å². The Morgan fingerprint density at radius 3 is 2.59 bits per heavy atom. The van der Waals surface area contributed by atoms with Gasteiger partial charge in [-0.3, -0.25) is 0 Å². The number of nitrogens with zero attached hydrogens (tertiary/aromatic N) is 1. The highest BCUT2D eigenvalue weighted by atomic mass is 32.2. The minimum atomic E-state index is -3.57. The van der Waals surface area contributed by atoms with Gasteiger partial charge < -0.3 is 0 Å². The second-order valence-electron chi connectivity index (χ2n) is 3.61. The third kappa shape index (κ3) is 6.02. The Morgan fingerprint density at radius 2 is 2.06 bits per heavy atom. The number of nitriles is 1. The molecule has 1 aromatic rings.